The molecule has 3 aliphatic rings. The van der Waals surface area contributed by atoms with Crippen LogP contribution in [-0.2, 0) is 13.0 Å². The molecule has 0 spiro atoms. The molecule has 2 atom stereocenters. The lowest BCUT2D eigenvalue weighted by molar-refractivity contribution is 0.00222. The van der Waals surface area contributed by atoms with Crippen LogP contribution in [-0.4, -0.2) is 69.4 Å². The monoisotopic (exact) mass is 264 g/mol. The summed E-state index contributed by atoms with van der Waals surface area (Å²) in [6.07, 6.45) is 3.55. The van der Waals surface area contributed by atoms with Gasteiger partial charge in [-0.15, -0.1) is 0 Å². The van der Waals surface area contributed by atoms with Crippen LogP contribution in [0.2, 0.25) is 0 Å². The second-order valence-electron chi connectivity index (χ2n) is 5.67. The van der Waals surface area contributed by atoms with Crippen molar-refractivity contribution in [2.45, 2.75) is 38.4 Å². The largest absolute Gasteiger partial charge is 0.326 e. The van der Waals surface area contributed by atoms with Gasteiger partial charge in [-0.25, -0.2) is 4.98 Å². The Labute approximate surface area is 114 Å². The van der Waals surface area contributed by atoms with Crippen molar-refractivity contribution in [3.63, 3.8) is 0 Å². The molecule has 6 heteroatoms. The van der Waals surface area contributed by atoms with Crippen molar-refractivity contribution in [1.29, 1.82) is 0 Å². The summed E-state index contributed by atoms with van der Waals surface area (Å²) in [6, 6.07) is 0.636. The minimum Gasteiger partial charge on any atom is -0.326 e. The summed E-state index contributed by atoms with van der Waals surface area (Å²) in [6.45, 7) is 8.95. The van der Waals surface area contributed by atoms with E-state index in [9.17, 15) is 0 Å². The first-order chi connectivity index (χ1) is 9.28. The van der Waals surface area contributed by atoms with Gasteiger partial charge in [0.15, 0.2) is 0 Å². The number of aryl methyl sites for hydroxylation is 1. The lowest BCUT2D eigenvalue weighted by atomic mass is 9.98. The molecule has 0 aromatic carbocycles. The number of piperazine rings is 3. The highest BCUT2D eigenvalue weighted by atomic mass is 15.4. The van der Waals surface area contributed by atoms with Gasteiger partial charge in [0, 0.05) is 57.8 Å². The molecule has 6 nitrogen and oxygen atoms in total. The maximum absolute atomic E-state index is 6.44. The third-order valence-electron chi connectivity index (χ3n) is 4.36. The molecule has 4 rings (SSSR count). The molecule has 0 amide bonds. The number of nitrogens with two attached hydrogens (primary N) is 1. The highest BCUT2D eigenvalue weighted by Gasteiger charge is 2.35. The van der Waals surface area contributed by atoms with E-state index in [4.69, 9.17) is 5.73 Å². The zero-order valence-electron chi connectivity index (χ0n) is 11.7. The third kappa shape index (κ3) is 2.66. The predicted molar refractivity (Wildman–Crippen MR) is 73.8 cm³/mol. The molecule has 4 heterocycles. The van der Waals surface area contributed by atoms with Gasteiger partial charge >= 0.3 is 0 Å². The van der Waals surface area contributed by atoms with Crippen molar-refractivity contribution in [2.75, 3.05) is 32.7 Å². The van der Waals surface area contributed by atoms with Crippen LogP contribution in [0.3, 0.4) is 0 Å². The summed E-state index contributed by atoms with van der Waals surface area (Å²) in [5.41, 5.74) is 6.44. The fourth-order valence-electron chi connectivity index (χ4n) is 3.26. The number of rotatable bonds is 5. The highest BCUT2D eigenvalue weighted by Crippen LogP contribution is 2.19. The zero-order valence-corrected chi connectivity index (χ0v) is 11.7. The number of hydrogen-bond donors (Lipinski definition) is 1. The van der Waals surface area contributed by atoms with E-state index < -0.39 is 0 Å². The van der Waals surface area contributed by atoms with E-state index in [1.807, 2.05) is 4.68 Å². The minimum absolute atomic E-state index is 0.155. The molecule has 19 heavy (non-hydrogen) atoms. The van der Waals surface area contributed by atoms with Gasteiger partial charge in [0.1, 0.15) is 12.2 Å². The Morgan fingerprint density at radius 3 is 2.79 bits per heavy atom. The number of fused-ring (bicyclic) bond motifs is 3. The molecule has 3 aliphatic heterocycles. The Bertz CT molecular complexity index is 409. The van der Waals surface area contributed by atoms with Crippen LogP contribution < -0.4 is 5.73 Å². The van der Waals surface area contributed by atoms with E-state index in [0.29, 0.717) is 6.04 Å². The SMILES string of the molecule is CCCn1ncnc1CC(N)C1CN2CCN1CC2. The smallest absolute Gasteiger partial charge is 0.138 e. The average Bonchev–Trinajstić information content (AvgIpc) is 2.88. The van der Waals surface area contributed by atoms with Gasteiger partial charge in [-0.05, 0) is 6.42 Å². The Kier molecular flexibility index (Phi) is 3.81. The first-order valence-electron chi connectivity index (χ1n) is 7.36. The standard InChI is InChI=1S/C13H24N6/c1-2-3-19-13(15-10-16-19)8-11(14)12-9-17-4-6-18(12)7-5-17/h10-12H,2-9,14H2,1H3. The van der Waals surface area contributed by atoms with E-state index in [0.717, 1.165) is 31.8 Å². The lowest BCUT2D eigenvalue weighted by Gasteiger charge is -2.49. The van der Waals surface area contributed by atoms with Gasteiger partial charge in [0.05, 0.1) is 0 Å². The number of aromatic nitrogens is 3. The summed E-state index contributed by atoms with van der Waals surface area (Å²) >= 11 is 0. The normalized spacial score (nSPS) is 31.6. The van der Waals surface area contributed by atoms with Crippen LogP contribution in [0.25, 0.3) is 0 Å². The summed E-state index contributed by atoms with van der Waals surface area (Å²) in [4.78, 5) is 9.45. The summed E-state index contributed by atoms with van der Waals surface area (Å²) in [7, 11) is 0. The van der Waals surface area contributed by atoms with Crippen molar-refractivity contribution in [2.24, 2.45) is 5.73 Å². The second-order valence-corrected chi connectivity index (χ2v) is 5.67. The fourth-order valence-corrected chi connectivity index (χ4v) is 3.26. The van der Waals surface area contributed by atoms with Gasteiger partial charge in [-0.1, -0.05) is 6.92 Å². The predicted octanol–water partition coefficient (Wildman–Crippen LogP) is -0.442. The maximum Gasteiger partial charge on any atom is 0.138 e. The molecular weight excluding hydrogens is 240 g/mol. The minimum atomic E-state index is 0.155. The van der Waals surface area contributed by atoms with Gasteiger partial charge in [0.2, 0.25) is 0 Å². The Morgan fingerprint density at radius 2 is 2.16 bits per heavy atom. The number of hydrogen-bond acceptors (Lipinski definition) is 5. The number of nitrogens with zero attached hydrogens (tertiary/aromatic N) is 5. The van der Waals surface area contributed by atoms with E-state index >= 15 is 0 Å². The first-order valence-corrected chi connectivity index (χ1v) is 7.36. The maximum atomic E-state index is 6.44. The van der Waals surface area contributed by atoms with Crippen LogP contribution in [0, 0.1) is 0 Å². The van der Waals surface area contributed by atoms with Gasteiger partial charge in [0.25, 0.3) is 0 Å². The summed E-state index contributed by atoms with van der Waals surface area (Å²) in [5, 5.41) is 4.28. The second kappa shape index (κ2) is 5.56. The summed E-state index contributed by atoms with van der Waals surface area (Å²) < 4.78 is 2.00. The summed E-state index contributed by atoms with van der Waals surface area (Å²) in [5.74, 6) is 1.03. The van der Waals surface area contributed by atoms with E-state index in [1.54, 1.807) is 6.33 Å². The van der Waals surface area contributed by atoms with Gasteiger partial charge < -0.3 is 5.73 Å². The Balaban J connectivity index is 1.64. The molecule has 0 saturated carbocycles. The van der Waals surface area contributed by atoms with Crippen molar-refractivity contribution in [1.82, 2.24) is 24.6 Å². The fraction of sp³-hybridized carbons (Fsp3) is 0.846. The topological polar surface area (TPSA) is 63.2 Å². The Morgan fingerprint density at radius 1 is 1.37 bits per heavy atom. The lowest BCUT2D eigenvalue weighted by Crippen LogP contribution is -2.66. The van der Waals surface area contributed by atoms with E-state index in [-0.39, 0.29) is 6.04 Å². The molecule has 1 aromatic rings. The van der Waals surface area contributed by atoms with E-state index in [1.165, 1.54) is 26.2 Å². The van der Waals surface area contributed by atoms with Crippen LogP contribution in [0.1, 0.15) is 19.2 Å². The highest BCUT2D eigenvalue weighted by molar-refractivity contribution is 4.98. The van der Waals surface area contributed by atoms with Gasteiger partial charge in [-0.3, -0.25) is 14.5 Å². The van der Waals surface area contributed by atoms with Crippen molar-refractivity contribution >= 4 is 0 Å². The van der Waals surface area contributed by atoms with Crippen molar-refractivity contribution in [3.05, 3.63) is 12.2 Å². The molecule has 3 fully saturated rings. The molecule has 2 bridgehead atoms. The van der Waals surface area contributed by atoms with Crippen LogP contribution >= 0.6 is 0 Å². The molecule has 0 radical (unpaired) electrons. The molecule has 3 saturated heterocycles. The third-order valence-corrected chi connectivity index (χ3v) is 4.36. The van der Waals surface area contributed by atoms with Crippen LogP contribution in [0.5, 0.6) is 0 Å². The van der Waals surface area contributed by atoms with Crippen molar-refractivity contribution in [3.8, 4) is 0 Å². The molecule has 2 N–H and O–H groups in total. The quantitative estimate of drug-likeness (QED) is 0.781. The van der Waals surface area contributed by atoms with Crippen molar-refractivity contribution < 1.29 is 0 Å². The molecular formula is C13H24N6. The first kappa shape index (κ1) is 13.0. The Hall–Kier alpha value is -0.980. The molecule has 0 aliphatic carbocycles. The molecule has 106 valence electrons. The molecule has 1 aromatic heterocycles. The molecule has 2 unspecified atom stereocenters. The van der Waals surface area contributed by atoms with Gasteiger partial charge in [-0.2, -0.15) is 5.10 Å². The van der Waals surface area contributed by atoms with E-state index in [2.05, 4.69) is 26.8 Å². The van der Waals surface area contributed by atoms with Crippen LogP contribution in [0.15, 0.2) is 6.33 Å². The average molecular weight is 264 g/mol. The van der Waals surface area contributed by atoms with Crippen LogP contribution in [0.4, 0.5) is 0 Å². The zero-order chi connectivity index (χ0) is 13.2.